The number of hydrogen-bond donors (Lipinski definition) is 1. The summed E-state index contributed by atoms with van der Waals surface area (Å²) in [5.41, 5.74) is 1.19. The average molecular weight is 385 g/mol. The van der Waals surface area contributed by atoms with Crippen molar-refractivity contribution in [1.29, 1.82) is 0 Å². The van der Waals surface area contributed by atoms with E-state index in [1.807, 2.05) is 6.92 Å². The number of nitrogens with zero attached hydrogens (tertiary/aromatic N) is 1. The first-order chi connectivity index (χ1) is 13.4. The molecule has 4 heteroatoms. The van der Waals surface area contributed by atoms with Crippen molar-refractivity contribution >= 4 is 16.9 Å². The van der Waals surface area contributed by atoms with Crippen LogP contribution in [0.1, 0.15) is 45.6 Å². The molecule has 0 fully saturated rings. The van der Waals surface area contributed by atoms with Gasteiger partial charge >= 0.3 is 6.09 Å². The van der Waals surface area contributed by atoms with E-state index < -0.39 is 0 Å². The van der Waals surface area contributed by atoms with Gasteiger partial charge in [-0.2, -0.15) is 0 Å². The van der Waals surface area contributed by atoms with Crippen LogP contribution in [0.5, 0.6) is 0 Å². The Morgan fingerprint density at radius 1 is 1.14 bits per heavy atom. The van der Waals surface area contributed by atoms with E-state index in [4.69, 9.17) is 4.74 Å². The first-order valence-corrected chi connectivity index (χ1v) is 10.5. The Morgan fingerprint density at radius 3 is 2.54 bits per heavy atom. The Hall–Kier alpha value is -2.07. The van der Waals surface area contributed by atoms with Crippen LogP contribution in [-0.4, -0.2) is 44.8 Å². The molecule has 0 saturated heterocycles. The largest absolute Gasteiger partial charge is 0.450 e. The van der Waals surface area contributed by atoms with E-state index in [-0.39, 0.29) is 11.5 Å². The second kappa shape index (κ2) is 10.5. The zero-order valence-corrected chi connectivity index (χ0v) is 18.1. The zero-order chi connectivity index (χ0) is 20.6. The monoisotopic (exact) mass is 384 g/mol. The van der Waals surface area contributed by atoms with Gasteiger partial charge in [0.2, 0.25) is 0 Å². The van der Waals surface area contributed by atoms with Crippen molar-refractivity contribution in [2.45, 2.75) is 45.4 Å². The van der Waals surface area contributed by atoms with Gasteiger partial charge in [-0.15, -0.1) is 0 Å². The summed E-state index contributed by atoms with van der Waals surface area (Å²) in [6.07, 6.45) is 2.81. The summed E-state index contributed by atoms with van der Waals surface area (Å²) in [5.74, 6) is 0.419. The molecule has 2 atom stereocenters. The van der Waals surface area contributed by atoms with Gasteiger partial charge < -0.3 is 15.0 Å². The molecule has 0 saturated carbocycles. The molecular formula is C24H36N2O2. The molecule has 2 aromatic carbocycles. The minimum atomic E-state index is -0.331. The molecule has 0 radical (unpaired) electrons. The van der Waals surface area contributed by atoms with Gasteiger partial charge in [0.15, 0.2) is 0 Å². The molecule has 154 valence electrons. The van der Waals surface area contributed by atoms with E-state index in [2.05, 4.69) is 80.6 Å². The highest BCUT2D eigenvalue weighted by molar-refractivity contribution is 5.86. The van der Waals surface area contributed by atoms with E-state index >= 15 is 0 Å². The maximum Gasteiger partial charge on any atom is 0.407 e. The molecule has 4 nitrogen and oxygen atoms in total. The molecule has 2 rings (SSSR count). The van der Waals surface area contributed by atoms with Gasteiger partial charge in [-0.05, 0) is 62.7 Å². The van der Waals surface area contributed by atoms with Gasteiger partial charge in [0.05, 0.1) is 6.61 Å². The van der Waals surface area contributed by atoms with Crippen molar-refractivity contribution in [3.05, 3.63) is 48.0 Å². The van der Waals surface area contributed by atoms with Gasteiger partial charge in [0, 0.05) is 12.0 Å². The Kier molecular flexibility index (Phi) is 8.31. The number of hydrogen-bond acceptors (Lipinski definition) is 3. The maximum atomic E-state index is 12.1. The third kappa shape index (κ3) is 5.26. The molecule has 1 N–H and O–H groups in total. The number of benzene rings is 2. The molecule has 0 aliphatic carbocycles. The van der Waals surface area contributed by atoms with Crippen LogP contribution < -0.4 is 5.32 Å². The lowest BCUT2D eigenvalue weighted by Gasteiger charge is -2.41. The highest BCUT2D eigenvalue weighted by Gasteiger charge is 2.38. The minimum Gasteiger partial charge on any atom is -0.450 e. The molecule has 2 aromatic rings. The van der Waals surface area contributed by atoms with E-state index in [1.165, 1.54) is 16.3 Å². The van der Waals surface area contributed by atoms with E-state index in [9.17, 15) is 4.79 Å². The van der Waals surface area contributed by atoms with Gasteiger partial charge in [-0.3, -0.25) is 0 Å². The molecular weight excluding hydrogens is 348 g/mol. The van der Waals surface area contributed by atoms with Crippen LogP contribution in [-0.2, 0) is 10.2 Å². The van der Waals surface area contributed by atoms with E-state index in [1.54, 1.807) is 0 Å². The van der Waals surface area contributed by atoms with Crippen LogP contribution in [0, 0.1) is 5.92 Å². The first-order valence-electron chi connectivity index (χ1n) is 10.5. The fourth-order valence-corrected chi connectivity index (χ4v) is 4.18. The van der Waals surface area contributed by atoms with Gasteiger partial charge in [0.25, 0.3) is 0 Å². The van der Waals surface area contributed by atoms with E-state index in [0.717, 1.165) is 25.8 Å². The van der Waals surface area contributed by atoms with Gasteiger partial charge in [0.1, 0.15) is 0 Å². The second-order valence-corrected chi connectivity index (χ2v) is 7.97. The molecule has 0 bridgehead atoms. The third-order valence-corrected chi connectivity index (χ3v) is 5.93. The average Bonchev–Trinajstić information content (AvgIpc) is 2.69. The van der Waals surface area contributed by atoms with Gasteiger partial charge in [-0.1, -0.05) is 62.7 Å². The lowest BCUT2D eigenvalue weighted by atomic mass is 9.65. The first kappa shape index (κ1) is 22.2. The molecule has 0 aliphatic rings. The molecule has 0 aromatic heterocycles. The summed E-state index contributed by atoms with van der Waals surface area (Å²) in [6, 6.07) is 15.1. The zero-order valence-electron chi connectivity index (χ0n) is 18.1. The standard InChI is InChI=1S/C24H36N2O2/c1-6-19(3)24(16-11-17-26(4)5,18-25-23(27)28-7-2)22-15-10-13-20-12-8-9-14-21(20)22/h8-10,12-15,19H,6-7,11,16-18H2,1-5H3,(H,25,27). The van der Waals surface area contributed by atoms with Crippen LogP contribution in [0.15, 0.2) is 42.5 Å². The number of amides is 1. The van der Waals surface area contributed by atoms with Crippen molar-refractivity contribution in [3.8, 4) is 0 Å². The fourth-order valence-electron chi connectivity index (χ4n) is 4.18. The Bertz CT molecular complexity index is 754. The molecule has 0 aliphatic heterocycles. The quantitative estimate of drug-likeness (QED) is 0.611. The van der Waals surface area contributed by atoms with Crippen LogP contribution in [0.2, 0.25) is 0 Å². The molecule has 28 heavy (non-hydrogen) atoms. The number of carbonyl (C=O) groups excluding carboxylic acids is 1. The molecule has 0 spiro atoms. The van der Waals surface area contributed by atoms with Gasteiger partial charge in [-0.25, -0.2) is 4.79 Å². The Balaban J connectivity index is 2.51. The van der Waals surface area contributed by atoms with E-state index in [0.29, 0.717) is 19.1 Å². The maximum absolute atomic E-state index is 12.1. The molecule has 1 amide bonds. The van der Waals surface area contributed by atoms with Crippen molar-refractivity contribution < 1.29 is 9.53 Å². The predicted octanol–water partition coefficient (Wildman–Crippen LogP) is 5.21. The highest BCUT2D eigenvalue weighted by Crippen LogP contribution is 2.41. The fraction of sp³-hybridized carbons (Fsp3) is 0.542. The third-order valence-electron chi connectivity index (χ3n) is 5.93. The Labute approximate surface area is 170 Å². The lowest BCUT2D eigenvalue weighted by molar-refractivity contribution is 0.144. The number of ether oxygens (including phenoxy) is 1. The van der Waals surface area contributed by atoms with Crippen molar-refractivity contribution in [2.75, 3.05) is 33.8 Å². The van der Waals surface area contributed by atoms with Crippen molar-refractivity contribution in [3.63, 3.8) is 0 Å². The van der Waals surface area contributed by atoms with Crippen molar-refractivity contribution in [2.24, 2.45) is 5.92 Å². The summed E-state index contributed by atoms with van der Waals surface area (Å²) in [5, 5.41) is 5.59. The van der Waals surface area contributed by atoms with Crippen LogP contribution in [0.3, 0.4) is 0 Å². The molecule has 2 unspecified atom stereocenters. The summed E-state index contributed by atoms with van der Waals surface area (Å²) in [4.78, 5) is 14.4. The smallest absolute Gasteiger partial charge is 0.407 e. The number of alkyl carbamates (subject to hydrolysis) is 1. The number of rotatable bonds is 10. The second-order valence-electron chi connectivity index (χ2n) is 7.97. The SMILES string of the molecule is CCOC(=O)NCC(CCCN(C)C)(c1cccc2ccccc12)C(C)CC. The topological polar surface area (TPSA) is 41.6 Å². The highest BCUT2D eigenvalue weighted by atomic mass is 16.5. The number of nitrogens with one attached hydrogen (secondary N) is 1. The number of carbonyl (C=O) groups is 1. The summed E-state index contributed by atoms with van der Waals surface area (Å²) in [7, 11) is 4.22. The molecule has 0 heterocycles. The summed E-state index contributed by atoms with van der Waals surface area (Å²) < 4.78 is 5.16. The summed E-state index contributed by atoms with van der Waals surface area (Å²) in [6.45, 7) is 8.39. The Morgan fingerprint density at radius 2 is 1.86 bits per heavy atom. The lowest BCUT2D eigenvalue weighted by Crippen LogP contribution is -2.46. The van der Waals surface area contributed by atoms with Crippen LogP contribution in [0.4, 0.5) is 4.79 Å². The summed E-state index contributed by atoms with van der Waals surface area (Å²) >= 11 is 0. The normalized spacial score (nSPS) is 14.6. The van der Waals surface area contributed by atoms with Crippen molar-refractivity contribution in [1.82, 2.24) is 10.2 Å². The number of fused-ring (bicyclic) bond motifs is 1. The van der Waals surface area contributed by atoms with Crippen LogP contribution in [0.25, 0.3) is 10.8 Å². The predicted molar refractivity (Wildman–Crippen MR) is 118 cm³/mol. The minimum absolute atomic E-state index is 0.140. The van der Waals surface area contributed by atoms with Crippen LogP contribution >= 0.6 is 0 Å².